The van der Waals surface area contributed by atoms with E-state index in [2.05, 4.69) is 27.1 Å². The number of ether oxygens (including phenoxy) is 2. The van der Waals surface area contributed by atoms with Crippen molar-refractivity contribution in [3.05, 3.63) is 23.9 Å². The van der Waals surface area contributed by atoms with Crippen LogP contribution in [0.1, 0.15) is 25.3 Å². The second-order valence-electron chi connectivity index (χ2n) is 7.17. The Hall–Kier alpha value is -2.31. The number of carbonyl (C=O) groups is 1. The van der Waals surface area contributed by atoms with Crippen molar-refractivity contribution >= 4 is 11.9 Å². The fraction of sp³-hybridized carbons (Fsp3) is 0.632. The number of hydrogen-bond donors (Lipinski definition) is 1. The average molecular weight is 360 g/mol. The fourth-order valence-corrected chi connectivity index (χ4v) is 3.24. The number of pyridine rings is 1. The second-order valence-corrected chi connectivity index (χ2v) is 7.17. The van der Waals surface area contributed by atoms with Crippen molar-refractivity contribution in [1.82, 2.24) is 15.2 Å². The van der Waals surface area contributed by atoms with E-state index in [4.69, 9.17) is 9.47 Å². The predicted octanol–water partition coefficient (Wildman–Crippen LogP) is 1.69. The van der Waals surface area contributed by atoms with Crippen molar-refractivity contribution in [3.63, 3.8) is 0 Å². The maximum atomic E-state index is 11.9. The number of guanidine groups is 1. The number of methoxy groups -OCH3 is 1. The highest BCUT2D eigenvalue weighted by Gasteiger charge is 2.36. The molecular formula is C19H28N4O3. The van der Waals surface area contributed by atoms with E-state index in [0.29, 0.717) is 24.9 Å². The number of likely N-dealkylation sites (tertiary alicyclic amines) is 1. The number of nitrogens with one attached hydrogen (secondary N) is 1. The molecule has 0 spiro atoms. The summed E-state index contributed by atoms with van der Waals surface area (Å²) >= 11 is 0. The Morgan fingerprint density at radius 3 is 2.92 bits per heavy atom. The third kappa shape index (κ3) is 4.65. The van der Waals surface area contributed by atoms with Gasteiger partial charge in [0.15, 0.2) is 5.96 Å². The second kappa shape index (κ2) is 8.38. The monoisotopic (exact) mass is 360 g/mol. The summed E-state index contributed by atoms with van der Waals surface area (Å²) < 4.78 is 10.6. The van der Waals surface area contributed by atoms with Gasteiger partial charge in [0.25, 0.3) is 0 Å². The van der Waals surface area contributed by atoms with Gasteiger partial charge in [-0.05, 0) is 36.3 Å². The molecule has 0 bridgehead atoms. The maximum absolute atomic E-state index is 11.9. The van der Waals surface area contributed by atoms with Crippen molar-refractivity contribution in [2.24, 2.45) is 22.7 Å². The zero-order valence-corrected chi connectivity index (χ0v) is 15.8. The van der Waals surface area contributed by atoms with Crippen molar-refractivity contribution in [2.75, 3.05) is 33.9 Å². The molecule has 7 heteroatoms. The minimum atomic E-state index is -0.151. The molecule has 0 radical (unpaired) electrons. The fourth-order valence-electron chi connectivity index (χ4n) is 3.24. The van der Waals surface area contributed by atoms with Gasteiger partial charge in [-0.25, -0.2) is 4.98 Å². The molecule has 1 aliphatic heterocycles. The Labute approximate surface area is 154 Å². The Morgan fingerprint density at radius 2 is 2.23 bits per heavy atom. The van der Waals surface area contributed by atoms with Crippen molar-refractivity contribution < 1.29 is 14.3 Å². The highest BCUT2D eigenvalue weighted by atomic mass is 16.5. The third-order valence-electron chi connectivity index (χ3n) is 5.04. The molecule has 1 aromatic heterocycles. The molecule has 0 aromatic carbocycles. The Balaban J connectivity index is 1.54. The largest absolute Gasteiger partial charge is 0.477 e. The van der Waals surface area contributed by atoms with Gasteiger partial charge in [0.1, 0.15) is 0 Å². The SMILES string of the molecule is CN=C(NCc1ccnc(OCC2CC2)c1)N1CC(C)C(C(=O)OC)C1. The molecule has 1 saturated carbocycles. The number of rotatable bonds is 6. The van der Waals surface area contributed by atoms with Crippen LogP contribution < -0.4 is 10.1 Å². The highest BCUT2D eigenvalue weighted by Crippen LogP contribution is 2.29. The number of aromatic nitrogens is 1. The predicted molar refractivity (Wildman–Crippen MR) is 98.9 cm³/mol. The van der Waals surface area contributed by atoms with Gasteiger partial charge in [-0.1, -0.05) is 6.92 Å². The minimum Gasteiger partial charge on any atom is -0.477 e. The molecule has 3 rings (SSSR count). The van der Waals surface area contributed by atoms with E-state index < -0.39 is 0 Å². The van der Waals surface area contributed by atoms with E-state index in [9.17, 15) is 4.79 Å². The average Bonchev–Trinajstić information content (AvgIpc) is 3.41. The molecule has 1 aromatic rings. The quantitative estimate of drug-likeness (QED) is 0.473. The molecule has 7 nitrogen and oxygen atoms in total. The standard InChI is InChI=1S/C19H28N4O3/c1-13-10-23(11-16(13)18(24)25-3)19(20-2)22-9-15-6-7-21-17(8-15)26-12-14-4-5-14/h6-8,13-14,16H,4-5,9-12H2,1-3H3,(H,20,22). The van der Waals surface area contributed by atoms with Crippen molar-refractivity contribution in [1.29, 1.82) is 0 Å². The molecule has 2 unspecified atom stereocenters. The minimum absolute atomic E-state index is 0.109. The van der Waals surface area contributed by atoms with Crippen LogP contribution in [0.25, 0.3) is 0 Å². The van der Waals surface area contributed by atoms with Crippen molar-refractivity contribution in [3.8, 4) is 5.88 Å². The lowest BCUT2D eigenvalue weighted by atomic mass is 9.99. The number of carbonyl (C=O) groups excluding carboxylic acids is 1. The first-order chi connectivity index (χ1) is 12.6. The van der Waals surface area contributed by atoms with Gasteiger partial charge >= 0.3 is 5.97 Å². The Kier molecular flexibility index (Phi) is 5.96. The van der Waals surface area contributed by atoms with Crippen LogP contribution in [0, 0.1) is 17.8 Å². The lowest BCUT2D eigenvalue weighted by Crippen LogP contribution is -2.40. The van der Waals surface area contributed by atoms with Crippen LogP contribution in [0.15, 0.2) is 23.3 Å². The molecule has 1 aliphatic carbocycles. The Morgan fingerprint density at radius 1 is 1.42 bits per heavy atom. The van der Waals surface area contributed by atoms with Gasteiger partial charge in [-0.3, -0.25) is 9.79 Å². The van der Waals surface area contributed by atoms with Gasteiger partial charge in [0.05, 0.1) is 19.6 Å². The molecule has 26 heavy (non-hydrogen) atoms. The first-order valence-electron chi connectivity index (χ1n) is 9.22. The molecule has 2 atom stereocenters. The van der Waals surface area contributed by atoms with E-state index >= 15 is 0 Å². The molecule has 2 fully saturated rings. The summed E-state index contributed by atoms with van der Waals surface area (Å²) in [4.78, 5) is 22.6. The van der Waals surface area contributed by atoms with Crippen molar-refractivity contribution in [2.45, 2.75) is 26.3 Å². The number of esters is 1. The van der Waals surface area contributed by atoms with Crippen LogP contribution in [-0.4, -0.2) is 55.7 Å². The molecule has 1 N–H and O–H groups in total. The first kappa shape index (κ1) is 18.5. The van der Waals surface area contributed by atoms with E-state index in [1.54, 1.807) is 13.2 Å². The lowest BCUT2D eigenvalue weighted by molar-refractivity contribution is -0.145. The summed E-state index contributed by atoms with van der Waals surface area (Å²) in [7, 11) is 3.20. The highest BCUT2D eigenvalue weighted by molar-refractivity contribution is 5.82. The normalized spacial score (nSPS) is 23.0. The van der Waals surface area contributed by atoms with Gasteiger partial charge in [-0.15, -0.1) is 0 Å². The lowest BCUT2D eigenvalue weighted by Gasteiger charge is -2.21. The first-order valence-corrected chi connectivity index (χ1v) is 9.22. The molecule has 2 heterocycles. The molecule has 2 aliphatic rings. The third-order valence-corrected chi connectivity index (χ3v) is 5.04. The summed E-state index contributed by atoms with van der Waals surface area (Å²) in [6, 6.07) is 3.93. The summed E-state index contributed by atoms with van der Waals surface area (Å²) in [5, 5.41) is 3.37. The zero-order valence-electron chi connectivity index (χ0n) is 15.8. The number of nitrogens with zero attached hydrogens (tertiary/aromatic N) is 3. The van der Waals surface area contributed by atoms with Gasteiger partial charge in [0.2, 0.25) is 5.88 Å². The summed E-state index contributed by atoms with van der Waals surface area (Å²) in [5.74, 6) is 2.15. The number of aliphatic imine (C=N–C) groups is 1. The van der Waals surface area contributed by atoms with E-state index in [1.807, 2.05) is 12.1 Å². The topological polar surface area (TPSA) is 76.1 Å². The molecule has 1 saturated heterocycles. The Bertz CT molecular complexity index is 660. The van der Waals surface area contributed by atoms with Crippen LogP contribution in [0.2, 0.25) is 0 Å². The summed E-state index contributed by atoms with van der Waals surface area (Å²) in [6.07, 6.45) is 4.30. The summed E-state index contributed by atoms with van der Waals surface area (Å²) in [5.41, 5.74) is 1.09. The van der Waals surface area contributed by atoms with Crippen LogP contribution in [-0.2, 0) is 16.1 Å². The zero-order chi connectivity index (χ0) is 18.5. The van der Waals surface area contributed by atoms with E-state index in [0.717, 1.165) is 24.7 Å². The molecular weight excluding hydrogens is 332 g/mol. The van der Waals surface area contributed by atoms with Gasteiger partial charge < -0.3 is 19.7 Å². The number of hydrogen-bond acceptors (Lipinski definition) is 5. The molecule has 142 valence electrons. The van der Waals surface area contributed by atoms with Crippen LogP contribution in [0.5, 0.6) is 5.88 Å². The van der Waals surface area contributed by atoms with Crippen LogP contribution in [0.4, 0.5) is 0 Å². The van der Waals surface area contributed by atoms with Gasteiger partial charge in [0, 0.05) is 38.9 Å². The summed E-state index contributed by atoms with van der Waals surface area (Å²) in [6.45, 7) is 4.86. The van der Waals surface area contributed by atoms with E-state index in [1.165, 1.54) is 20.0 Å². The maximum Gasteiger partial charge on any atom is 0.310 e. The van der Waals surface area contributed by atoms with E-state index in [-0.39, 0.29) is 17.8 Å². The smallest absolute Gasteiger partial charge is 0.310 e. The molecule has 0 amide bonds. The van der Waals surface area contributed by atoms with Crippen LogP contribution >= 0.6 is 0 Å². The van der Waals surface area contributed by atoms with Crippen LogP contribution in [0.3, 0.4) is 0 Å². The van der Waals surface area contributed by atoms with Gasteiger partial charge in [-0.2, -0.15) is 0 Å².